The number of hydrogen-bond donors (Lipinski definition) is 1. The maximum Gasteiger partial charge on any atom is 0.419 e. The smallest absolute Gasteiger partial charge is 0.408 e. The predicted octanol–water partition coefficient (Wildman–Crippen LogP) is 3.14. The zero-order valence-electron chi connectivity index (χ0n) is 13.3. The summed E-state index contributed by atoms with van der Waals surface area (Å²) >= 11 is 5.87. The van der Waals surface area contributed by atoms with Crippen molar-refractivity contribution in [2.24, 2.45) is 0 Å². The molecule has 0 fully saturated rings. The lowest BCUT2D eigenvalue weighted by Crippen LogP contribution is -2.27. The van der Waals surface area contributed by atoms with Gasteiger partial charge in [-0.15, -0.1) is 0 Å². The number of nitrogens with zero attached hydrogens (tertiary/aromatic N) is 1. The van der Waals surface area contributed by atoms with Crippen molar-refractivity contribution >= 4 is 28.6 Å². The SMILES string of the molecule is O=C(CCn1c(=O)oc2cc(Cl)ccc21)NCCc1ccc(F)cc1. The predicted molar refractivity (Wildman–Crippen MR) is 93.2 cm³/mol. The summed E-state index contributed by atoms with van der Waals surface area (Å²) in [6, 6.07) is 11.1. The van der Waals surface area contributed by atoms with Crippen molar-refractivity contribution in [1.29, 1.82) is 0 Å². The molecular formula is C18H16ClFN2O3. The van der Waals surface area contributed by atoms with Crippen molar-refractivity contribution < 1.29 is 13.6 Å². The fraction of sp³-hybridized carbons (Fsp3) is 0.222. The van der Waals surface area contributed by atoms with Gasteiger partial charge in [0.15, 0.2) is 5.58 Å². The summed E-state index contributed by atoms with van der Waals surface area (Å²) in [6.07, 6.45) is 0.764. The summed E-state index contributed by atoms with van der Waals surface area (Å²) in [5.74, 6) is -0.972. The molecule has 130 valence electrons. The van der Waals surface area contributed by atoms with E-state index in [1.165, 1.54) is 16.7 Å². The van der Waals surface area contributed by atoms with E-state index in [1.54, 1.807) is 30.3 Å². The van der Waals surface area contributed by atoms with Gasteiger partial charge in [0.05, 0.1) is 5.52 Å². The van der Waals surface area contributed by atoms with Crippen molar-refractivity contribution in [2.45, 2.75) is 19.4 Å². The highest BCUT2D eigenvalue weighted by Crippen LogP contribution is 2.18. The van der Waals surface area contributed by atoms with E-state index in [1.807, 2.05) is 0 Å². The van der Waals surface area contributed by atoms with E-state index in [0.717, 1.165) is 5.56 Å². The molecule has 0 aliphatic carbocycles. The molecule has 25 heavy (non-hydrogen) atoms. The molecule has 0 radical (unpaired) electrons. The van der Waals surface area contributed by atoms with Crippen molar-refractivity contribution in [1.82, 2.24) is 9.88 Å². The number of carbonyl (C=O) groups excluding carboxylic acids is 1. The van der Waals surface area contributed by atoms with Gasteiger partial charge in [0.25, 0.3) is 0 Å². The minimum atomic E-state index is -0.517. The van der Waals surface area contributed by atoms with E-state index >= 15 is 0 Å². The maximum absolute atomic E-state index is 12.8. The van der Waals surface area contributed by atoms with E-state index in [-0.39, 0.29) is 24.7 Å². The molecule has 0 bridgehead atoms. The van der Waals surface area contributed by atoms with Crippen LogP contribution in [0.2, 0.25) is 5.02 Å². The lowest BCUT2D eigenvalue weighted by atomic mass is 10.1. The van der Waals surface area contributed by atoms with Gasteiger partial charge in [-0.3, -0.25) is 9.36 Å². The number of nitrogens with one attached hydrogen (secondary N) is 1. The molecule has 0 aliphatic rings. The molecule has 0 saturated heterocycles. The van der Waals surface area contributed by atoms with Gasteiger partial charge in [-0.2, -0.15) is 0 Å². The van der Waals surface area contributed by atoms with Crippen molar-refractivity contribution in [3.63, 3.8) is 0 Å². The van der Waals surface area contributed by atoms with Crippen LogP contribution >= 0.6 is 11.6 Å². The van der Waals surface area contributed by atoms with E-state index in [4.69, 9.17) is 16.0 Å². The summed E-state index contributed by atoms with van der Waals surface area (Å²) in [5.41, 5.74) is 1.94. The Kier molecular flexibility index (Phi) is 5.19. The van der Waals surface area contributed by atoms with Crippen LogP contribution in [0.15, 0.2) is 51.7 Å². The zero-order valence-corrected chi connectivity index (χ0v) is 14.1. The molecule has 1 N–H and O–H groups in total. The number of amides is 1. The quantitative estimate of drug-likeness (QED) is 0.732. The molecule has 0 spiro atoms. The van der Waals surface area contributed by atoms with Gasteiger partial charge < -0.3 is 9.73 Å². The third-order valence-corrected chi connectivity index (χ3v) is 4.08. The van der Waals surface area contributed by atoms with Crippen LogP contribution in [0.1, 0.15) is 12.0 Å². The second-order valence-corrected chi connectivity index (χ2v) is 6.04. The summed E-state index contributed by atoms with van der Waals surface area (Å²) in [6.45, 7) is 0.664. The number of hydrogen-bond acceptors (Lipinski definition) is 3. The summed E-state index contributed by atoms with van der Waals surface area (Å²) in [7, 11) is 0. The Balaban J connectivity index is 1.53. The fourth-order valence-electron chi connectivity index (χ4n) is 2.55. The molecule has 0 atom stereocenters. The molecule has 1 amide bonds. The van der Waals surface area contributed by atoms with Crippen molar-refractivity contribution in [3.8, 4) is 0 Å². The normalized spacial score (nSPS) is 11.0. The number of aromatic nitrogens is 1. The highest BCUT2D eigenvalue weighted by molar-refractivity contribution is 6.31. The number of halogens is 2. The third-order valence-electron chi connectivity index (χ3n) is 3.84. The molecular weight excluding hydrogens is 347 g/mol. The highest BCUT2D eigenvalue weighted by atomic mass is 35.5. The number of fused-ring (bicyclic) bond motifs is 1. The van der Waals surface area contributed by atoms with E-state index in [9.17, 15) is 14.0 Å². The monoisotopic (exact) mass is 362 g/mol. The number of oxazole rings is 1. The van der Waals surface area contributed by atoms with Crippen LogP contribution in [-0.2, 0) is 17.8 Å². The molecule has 0 aliphatic heterocycles. The molecule has 1 aromatic heterocycles. The van der Waals surface area contributed by atoms with Gasteiger partial charge in [0.1, 0.15) is 5.82 Å². The number of benzene rings is 2. The average Bonchev–Trinajstić information content (AvgIpc) is 2.89. The van der Waals surface area contributed by atoms with E-state index in [0.29, 0.717) is 29.1 Å². The largest absolute Gasteiger partial charge is 0.419 e. The van der Waals surface area contributed by atoms with Crippen molar-refractivity contribution in [2.75, 3.05) is 6.54 Å². The van der Waals surface area contributed by atoms with Gasteiger partial charge in [-0.25, -0.2) is 9.18 Å². The van der Waals surface area contributed by atoms with Crippen LogP contribution in [0.5, 0.6) is 0 Å². The first-order chi connectivity index (χ1) is 12.0. The highest BCUT2D eigenvalue weighted by Gasteiger charge is 2.11. The van der Waals surface area contributed by atoms with Gasteiger partial charge >= 0.3 is 5.76 Å². The molecule has 1 heterocycles. The van der Waals surface area contributed by atoms with Crippen LogP contribution in [0.3, 0.4) is 0 Å². The molecule has 5 nitrogen and oxygen atoms in total. The first-order valence-electron chi connectivity index (χ1n) is 7.83. The molecule has 0 saturated carbocycles. The summed E-state index contributed by atoms with van der Waals surface area (Å²) in [4.78, 5) is 23.8. The van der Waals surface area contributed by atoms with Crippen LogP contribution in [0.25, 0.3) is 11.1 Å². The molecule has 3 aromatic rings. The lowest BCUT2D eigenvalue weighted by molar-refractivity contribution is -0.121. The van der Waals surface area contributed by atoms with Crippen LogP contribution in [0, 0.1) is 5.82 Å². The average molecular weight is 363 g/mol. The number of rotatable bonds is 6. The standard InChI is InChI=1S/C18H16ClFN2O3/c19-13-3-6-15-16(11-13)25-18(24)22(15)10-8-17(23)21-9-7-12-1-4-14(20)5-2-12/h1-6,11H,7-10H2,(H,21,23). The molecule has 7 heteroatoms. The Morgan fingerprint density at radius 2 is 1.96 bits per heavy atom. The maximum atomic E-state index is 12.8. The number of carbonyl (C=O) groups is 1. The first-order valence-corrected chi connectivity index (χ1v) is 8.21. The molecule has 2 aromatic carbocycles. The van der Waals surface area contributed by atoms with Crippen LogP contribution < -0.4 is 11.1 Å². The molecule has 3 rings (SSSR count). The summed E-state index contributed by atoms with van der Waals surface area (Å²) in [5, 5.41) is 3.26. The number of aryl methyl sites for hydroxylation is 1. The third kappa shape index (κ3) is 4.28. The van der Waals surface area contributed by atoms with Crippen LogP contribution in [0.4, 0.5) is 4.39 Å². The second kappa shape index (κ2) is 7.53. The van der Waals surface area contributed by atoms with Gasteiger partial charge in [-0.05, 0) is 36.2 Å². The Bertz CT molecular complexity index is 947. The Hall–Kier alpha value is -2.60. The zero-order chi connectivity index (χ0) is 17.8. The topological polar surface area (TPSA) is 64.2 Å². The Labute approximate surface area is 148 Å². The Morgan fingerprint density at radius 3 is 2.72 bits per heavy atom. The lowest BCUT2D eigenvalue weighted by Gasteiger charge is -2.06. The minimum Gasteiger partial charge on any atom is -0.408 e. The van der Waals surface area contributed by atoms with E-state index < -0.39 is 5.76 Å². The van der Waals surface area contributed by atoms with Gasteiger partial charge in [0.2, 0.25) is 5.91 Å². The van der Waals surface area contributed by atoms with Crippen LogP contribution in [-0.4, -0.2) is 17.0 Å². The van der Waals surface area contributed by atoms with Gasteiger partial charge in [-0.1, -0.05) is 23.7 Å². The van der Waals surface area contributed by atoms with Crippen molar-refractivity contribution in [3.05, 3.63) is 69.4 Å². The molecule has 0 unspecified atom stereocenters. The first kappa shape index (κ1) is 17.2. The summed E-state index contributed by atoms with van der Waals surface area (Å²) < 4.78 is 19.4. The van der Waals surface area contributed by atoms with Gasteiger partial charge in [0, 0.05) is 30.6 Å². The second-order valence-electron chi connectivity index (χ2n) is 5.61. The Morgan fingerprint density at radius 1 is 1.20 bits per heavy atom. The van der Waals surface area contributed by atoms with E-state index in [2.05, 4.69) is 5.32 Å². The fourth-order valence-corrected chi connectivity index (χ4v) is 2.71. The minimum absolute atomic E-state index is 0.153.